The largest absolute Gasteiger partial charge is 0.472 e. The van der Waals surface area contributed by atoms with Gasteiger partial charge in [0.1, 0.15) is 19.3 Å². The Morgan fingerprint density at radius 1 is 0.274 bits per heavy atom. The normalized spacial score (nSPS) is 14.7. The highest BCUT2D eigenvalue weighted by atomic mass is 31.2. The van der Waals surface area contributed by atoms with E-state index in [4.69, 9.17) is 37.0 Å². The van der Waals surface area contributed by atoms with Gasteiger partial charge in [0.2, 0.25) is 0 Å². The van der Waals surface area contributed by atoms with Crippen molar-refractivity contribution in [2.75, 3.05) is 39.6 Å². The standard InChI is InChI=1S/C87H144O17P2/c1-5-9-13-17-21-25-29-33-36-38-40-42-45-48-52-56-60-64-68-72-85(90)98-78-83(104-87(92)74-70-66-62-58-54-50-46-43-41-39-37-34-30-26-22-18-14-10-6-2)80-102-106(95,96)100-76-81(88)75-99-105(93,94)101-79-82(77-97-84(89)71-67-63-59-55-51-47-32-28-24-20-16-12-8-4)103-86(91)73-69-65-61-57-53-49-44-35-31-27-23-19-15-11-7-3/h10,14,21-23,25-28,32-37,40-44,48,50,52,54,60,64,81-83,88H,5-9,11-13,15-20,24,29-31,38-39,45-47,49,51,53,55-59,61-63,65-80H2,1-4H3,(H,93,94)(H,95,96)/b14-10-,25-21-,26-22-,27-23-,32-28-,36-33-,37-34-,42-40-,43-41-,44-35-,52-48-,54-50-,64-60-/t81-,82+,83+/m0/s1. The molecule has 19 heteroatoms. The highest BCUT2D eigenvalue weighted by Crippen LogP contribution is 2.45. The zero-order chi connectivity index (χ0) is 77.4. The number of aliphatic hydroxyl groups is 1. The molecule has 3 N–H and O–H groups in total. The second-order valence-corrected chi connectivity index (χ2v) is 29.5. The van der Waals surface area contributed by atoms with Crippen molar-refractivity contribution >= 4 is 39.5 Å². The fourth-order valence-electron chi connectivity index (χ4n) is 10.3. The monoisotopic (exact) mass is 1520 g/mol. The molecule has 0 aromatic carbocycles. The number of unbranched alkanes of at least 4 members (excludes halogenated alkanes) is 23. The third kappa shape index (κ3) is 76.9. The van der Waals surface area contributed by atoms with Gasteiger partial charge in [-0.25, -0.2) is 9.13 Å². The maximum Gasteiger partial charge on any atom is 0.472 e. The van der Waals surface area contributed by atoms with Crippen LogP contribution in [0.1, 0.15) is 310 Å². The molecule has 0 saturated heterocycles. The molecule has 604 valence electrons. The number of esters is 4. The zero-order valence-electron chi connectivity index (χ0n) is 66.1. The number of hydrogen-bond donors (Lipinski definition) is 3. The van der Waals surface area contributed by atoms with E-state index in [2.05, 4.69) is 167 Å². The van der Waals surface area contributed by atoms with Crippen LogP contribution in [-0.2, 0) is 65.4 Å². The van der Waals surface area contributed by atoms with Gasteiger partial charge in [-0.05, 0) is 167 Å². The van der Waals surface area contributed by atoms with E-state index in [1.54, 1.807) is 0 Å². The lowest BCUT2D eigenvalue weighted by Gasteiger charge is -2.21. The Balaban J connectivity index is 5.50. The van der Waals surface area contributed by atoms with Gasteiger partial charge in [-0.3, -0.25) is 37.3 Å². The molecule has 0 aromatic rings. The number of phosphoric ester groups is 2. The molecule has 0 radical (unpaired) electrons. The SMILES string of the molecule is CC/C=C\C/C=C\C/C=C\C/C=C\C/C=C\CCCCCC(=O)O[C@H](COC(=O)CC/C=C\C/C=C\C/C=C\C/C=C\C/C=C\CCCCC)COP(=O)(O)OC[C@@H](O)COP(=O)(O)OC[C@@H](COC(=O)CCCCCCC/C=C\CCCCCC)OC(=O)CCCCCCC/C=C\C/C=C\CCCCC. The Labute approximate surface area is 642 Å². The predicted octanol–water partition coefficient (Wildman–Crippen LogP) is 24.0. The lowest BCUT2D eigenvalue weighted by molar-refractivity contribution is -0.161. The van der Waals surface area contributed by atoms with Crippen molar-refractivity contribution in [3.8, 4) is 0 Å². The van der Waals surface area contributed by atoms with Gasteiger partial charge >= 0.3 is 39.5 Å². The molecular formula is C87H144O17P2. The van der Waals surface area contributed by atoms with Gasteiger partial charge in [0, 0.05) is 25.7 Å². The number of carbonyl (C=O) groups is 4. The molecular weight excluding hydrogens is 1380 g/mol. The second kappa shape index (κ2) is 77.8. The molecule has 0 aromatic heterocycles. The average molecular weight is 1520 g/mol. The maximum atomic E-state index is 13.1. The van der Waals surface area contributed by atoms with Gasteiger partial charge < -0.3 is 33.8 Å². The predicted molar refractivity (Wildman–Crippen MR) is 436 cm³/mol. The molecule has 5 atom stereocenters. The fraction of sp³-hybridized carbons (Fsp3) is 0.655. The number of rotatable bonds is 75. The fourth-order valence-corrected chi connectivity index (χ4v) is 11.8. The lowest BCUT2D eigenvalue weighted by Crippen LogP contribution is -2.30. The highest BCUT2D eigenvalue weighted by Gasteiger charge is 2.30. The first-order chi connectivity index (χ1) is 51.7. The summed E-state index contributed by atoms with van der Waals surface area (Å²) in [5, 5.41) is 10.6. The number of aliphatic hydroxyl groups excluding tert-OH is 1. The van der Waals surface area contributed by atoms with Crippen molar-refractivity contribution in [1.29, 1.82) is 0 Å². The van der Waals surface area contributed by atoms with Crippen molar-refractivity contribution in [2.45, 2.75) is 329 Å². The summed E-state index contributed by atoms with van der Waals surface area (Å²) in [7, 11) is -10.0. The highest BCUT2D eigenvalue weighted by molar-refractivity contribution is 7.47. The summed E-state index contributed by atoms with van der Waals surface area (Å²) in [6.07, 6.45) is 90.9. The van der Waals surface area contributed by atoms with Crippen molar-refractivity contribution in [2.24, 2.45) is 0 Å². The minimum atomic E-state index is -5.01. The number of phosphoric acid groups is 2. The molecule has 0 spiro atoms. The molecule has 0 bridgehead atoms. The Hall–Kier alpha value is -5.32. The van der Waals surface area contributed by atoms with Crippen LogP contribution in [0, 0.1) is 0 Å². The van der Waals surface area contributed by atoms with E-state index in [1.165, 1.54) is 64.2 Å². The van der Waals surface area contributed by atoms with Gasteiger partial charge in [-0.1, -0.05) is 276 Å². The van der Waals surface area contributed by atoms with E-state index in [1.807, 2.05) is 18.2 Å². The van der Waals surface area contributed by atoms with E-state index in [9.17, 15) is 43.2 Å². The molecule has 0 amide bonds. The van der Waals surface area contributed by atoms with Crippen LogP contribution in [0.3, 0.4) is 0 Å². The summed E-state index contributed by atoms with van der Waals surface area (Å²) in [5.74, 6) is -2.34. The van der Waals surface area contributed by atoms with Crippen molar-refractivity contribution < 1.29 is 80.2 Å². The summed E-state index contributed by atoms with van der Waals surface area (Å²) in [4.78, 5) is 73.0. The van der Waals surface area contributed by atoms with Gasteiger partial charge in [0.15, 0.2) is 12.2 Å². The van der Waals surface area contributed by atoms with Crippen LogP contribution in [0.5, 0.6) is 0 Å². The molecule has 0 rings (SSSR count). The third-order valence-electron chi connectivity index (χ3n) is 16.5. The van der Waals surface area contributed by atoms with Crippen LogP contribution >= 0.6 is 15.6 Å². The molecule has 2 unspecified atom stereocenters. The first kappa shape index (κ1) is 101. The molecule has 0 aliphatic carbocycles. The molecule has 106 heavy (non-hydrogen) atoms. The van der Waals surface area contributed by atoms with E-state index in [0.29, 0.717) is 32.1 Å². The van der Waals surface area contributed by atoms with Crippen LogP contribution in [-0.4, -0.2) is 96.7 Å². The van der Waals surface area contributed by atoms with Crippen LogP contribution < -0.4 is 0 Å². The Morgan fingerprint density at radius 2 is 0.509 bits per heavy atom. The lowest BCUT2D eigenvalue weighted by atomic mass is 10.1. The summed E-state index contributed by atoms with van der Waals surface area (Å²) < 4.78 is 68.5. The van der Waals surface area contributed by atoms with Gasteiger partial charge in [-0.15, -0.1) is 0 Å². The first-order valence-corrected chi connectivity index (χ1v) is 43.7. The van der Waals surface area contributed by atoms with E-state index in [0.717, 1.165) is 161 Å². The molecule has 0 saturated carbocycles. The van der Waals surface area contributed by atoms with Crippen LogP contribution in [0.15, 0.2) is 158 Å². The Morgan fingerprint density at radius 3 is 0.849 bits per heavy atom. The average Bonchev–Trinajstić information content (AvgIpc) is 0.902. The van der Waals surface area contributed by atoms with Gasteiger partial charge in [-0.2, -0.15) is 0 Å². The number of allylic oxidation sites excluding steroid dienone is 26. The van der Waals surface area contributed by atoms with Crippen LogP contribution in [0.25, 0.3) is 0 Å². The molecule has 0 aliphatic heterocycles. The molecule has 0 heterocycles. The Bertz CT molecular complexity index is 2630. The van der Waals surface area contributed by atoms with Crippen molar-refractivity contribution in [3.63, 3.8) is 0 Å². The summed E-state index contributed by atoms with van der Waals surface area (Å²) in [6.45, 7) is 4.54. The zero-order valence-corrected chi connectivity index (χ0v) is 67.8. The van der Waals surface area contributed by atoms with E-state index >= 15 is 0 Å². The maximum absolute atomic E-state index is 13.1. The number of ether oxygens (including phenoxy) is 4. The quantitative estimate of drug-likeness (QED) is 0.0169. The first-order valence-electron chi connectivity index (χ1n) is 40.7. The summed E-state index contributed by atoms with van der Waals surface area (Å²) >= 11 is 0. The molecule has 0 fully saturated rings. The minimum absolute atomic E-state index is 0.0247. The van der Waals surface area contributed by atoms with Crippen molar-refractivity contribution in [3.05, 3.63) is 158 Å². The Kier molecular flexibility index (Phi) is 73.9. The van der Waals surface area contributed by atoms with E-state index in [-0.39, 0.29) is 25.7 Å². The van der Waals surface area contributed by atoms with E-state index < -0.39 is 97.5 Å². The van der Waals surface area contributed by atoms with Gasteiger partial charge in [0.05, 0.1) is 26.4 Å². The minimum Gasteiger partial charge on any atom is -0.462 e. The number of hydrogen-bond acceptors (Lipinski definition) is 15. The van der Waals surface area contributed by atoms with Gasteiger partial charge in [0.25, 0.3) is 0 Å². The smallest absolute Gasteiger partial charge is 0.462 e. The molecule has 17 nitrogen and oxygen atoms in total. The topological polar surface area (TPSA) is 237 Å². The molecule has 0 aliphatic rings. The third-order valence-corrected chi connectivity index (χ3v) is 18.4. The number of carbonyl (C=O) groups excluding carboxylic acids is 4. The van der Waals surface area contributed by atoms with Crippen LogP contribution in [0.2, 0.25) is 0 Å². The summed E-state index contributed by atoms with van der Waals surface area (Å²) in [6, 6.07) is 0. The summed E-state index contributed by atoms with van der Waals surface area (Å²) in [5.41, 5.74) is 0. The van der Waals surface area contributed by atoms with Crippen LogP contribution in [0.4, 0.5) is 0 Å². The second-order valence-electron chi connectivity index (χ2n) is 26.6. The van der Waals surface area contributed by atoms with Crippen molar-refractivity contribution in [1.82, 2.24) is 0 Å².